The molecule has 0 radical (unpaired) electrons. The maximum atomic E-state index is 12.3. The van der Waals surface area contributed by atoms with Crippen molar-refractivity contribution in [3.8, 4) is 0 Å². The van der Waals surface area contributed by atoms with Crippen LogP contribution < -0.4 is 11.2 Å². The third kappa shape index (κ3) is 6.91. The molecular formula is C22H36N4O2S. The van der Waals surface area contributed by atoms with E-state index in [0.717, 1.165) is 17.3 Å². The number of aryl methyl sites for hydroxylation is 1. The first kappa shape index (κ1) is 23.5. The molecule has 29 heavy (non-hydrogen) atoms. The number of fused-ring (bicyclic) bond motifs is 1. The van der Waals surface area contributed by atoms with Gasteiger partial charge in [-0.1, -0.05) is 88.6 Å². The minimum absolute atomic E-state index is 0.370. The fourth-order valence-electron chi connectivity index (χ4n) is 3.46. The highest BCUT2D eigenvalue weighted by Gasteiger charge is 2.16. The summed E-state index contributed by atoms with van der Waals surface area (Å²) in [5, 5.41) is 0.806. The highest BCUT2D eigenvalue weighted by atomic mass is 32.2. The van der Waals surface area contributed by atoms with Crippen LogP contribution in [0.5, 0.6) is 0 Å². The van der Waals surface area contributed by atoms with Gasteiger partial charge < -0.3 is 4.57 Å². The molecule has 162 valence electrons. The number of nitrogens with one attached hydrogen (secondary N) is 1. The third-order valence-electron chi connectivity index (χ3n) is 5.22. The fourth-order valence-corrected chi connectivity index (χ4v) is 4.46. The number of hydrogen-bond acceptors (Lipinski definition) is 4. The van der Waals surface area contributed by atoms with Gasteiger partial charge in [0, 0.05) is 19.3 Å². The zero-order valence-corrected chi connectivity index (χ0v) is 19.0. The molecule has 0 bridgehead atoms. The lowest BCUT2D eigenvalue weighted by Crippen LogP contribution is -2.29. The van der Waals surface area contributed by atoms with E-state index in [-0.39, 0.29) is 5.56 Å². The van der Waals surface area contributed by atoms with Gasteiger partial charge >= 0.3 is 5.69 Å². The summed E-state index contributed by atoms with van der Waals surface area (Å²) < 4.78 is 3.32. The minimum atomic E-state index is -0.426. The summed E-state index contributed by atoms with van der Waals surface area (Å²) in [6, 6.07) is 0. The lowest BCUT2D eigenvalue weighted by Gasteiger charge is -2.06. The molecule has 2 heterocycles. The predicted molar refractivity (Wildman–Crippen MR) is 123 cm³/mol. The Morgan fingerprint density at radius 3 is 2.24 bits per heavy atom. The van der Waals surface area contributed by atoms with Gasteiger partial charge in [0.05, 0.1) is 0 Å². The maximum Gasteiger partial charge on any atom is 0.329 e. The molecule has 0 aliphatic rings. The summed E-state index contributed by atoms with van der Waals surface area (Å²) in [7, 11) is 1.64. The zero-order chi connectivity index (χ0) is 21.1. The van der Waals surface area contributed by atoms with Crippen LogP contribution in [0.15, 0.2) is 26.9 Å². The van der Waals surface area contributed by atoms with Crippen molar-refractivity contribution in [1.82, 2.24) is 19.1 Å². The summed E-state index contributed by atoms with van der Waals surface area (Å²) in [6.07, 6.45) is 17.1. The Hall–Kier alpha value is -1.76. The molecule has 6 nitrogen and oxygen atoms in total. The maximum absolute atomic E-state index is 12.3. The van der Waals surface area contributed by atoms with E-state index in [4.69, 9.17) is 0 Å². The molecule has 2 aromatic heterocycles. The average Bonchev–Trinajstić information content (AvgIpc) is 3.07. The monoisotopic (exact) mass is 420 g/mol. The van der Waals surface area contributed by atoms with E-state index in [1.807, 2.05) is 23.6 Å². The molecule has 0 saturated heterocycles. The number of H-pyrrole nitrogens is 1. The van der Waals surface area contributed by atoms with Crippen LogP contribution in [0.3, 0.4) is 0 Å². The number of rotatable bonds is 14. The predicted octanol–water partition coefficient (Wildman–Crippen LogP) is 5.01. The van der Waals surface area contributed by atoms with Crippen LogP contribution in [-0.2, 0) is 13.6 Å². The Morgan fingerprint density at radius 1 is 1.00 bits per heavy atom. The van der Waals surface area contributed by atoms with Crippen molar-refractivity contribution in [3.63, 3.8) is 0 Å². The van der Waals surface area contributed by atoms with Crippen molar-refractivity contribution in [2.75, 3.05) is 5.75 Å². The molecule has 0 amide bonds. The van der Waals surface area contributed by atoms with E-state index in [2.05, 4.69) is 16.9 Å². The summed E-state index contributed by atoms with van der Waals surface area (Å²) in [4.78, 5) is 31.2. The van der Waals surface area contributed by atoms with Crippen LogP contribution in [0.25, 0.3) is 11.2 Å². The van der Waals surface area contributed by atoms with E-state index in [9.17, 15) is 9.59 Å². The Kier molecular flexibility index (Phi) is 10.3. The van der Waals surface area contributed by atoms with Gasteiger partial charge in [-0.05, 0) is 13.3 Å². The van der Waals surface area contributed by atoms with Gasteiger partial charge in [0.1, 0.15) is 0 Å². The van der Waals surface area contributed by atoms with Gasteiger partial charge in [0.15, 0.2) is 16.3 Å². The lowest BCUT2D eigenvalue weighted by atomic mass is 10.1. The Morgan fingerprint density at radius 2 is 1.62 bits per heavy atom. The third-order valence-corrected chi connectivity index (χ3v) is 6.29. The van der Waals surface area contributed by atoms with Crippen LogP contribution in [0.2, 0.25) is 0 Å². The number of aromatic nitrogens is 4. The van der Waals surface area contributed by atoms with E-state index >= 15 is 0 Å². The largest absolute Gasteiger partial charge is 0.329 e. The number of thioether (sulfide) groups is 1. The van der Waals surface area contributed by atoms with Crippen molar-refractivity contribution in [2.45, 2.75) is 89.8 Å². The summed E-state index contributed by atoms with van der Waals surface area (Å²) in [5.74, 6) is 0.974. The summed E-state index contributed by atoms with van der Waals surface area (Å²) in [5.41, 5.74) is 0.125. The van der Waals surface area contributed by atoms with E-state index in [1.165, 1.54) is 62.4 Å². The first-order valence-electron chi connectivity index (χ1n) is 11.0. The smallest absolute Gasteiger partial charge is 0.309 e. The van der Waals surface area contributed by atoms with Crippen molar-refractivity contribution in [2.24, 2.45) is 7.05 Å². The van der Waals surface area contributed by atoms with Gasteiger partial charge in [0.25, 0.3) is 5.56 Å². The molecule has 0 aliphatic heterocycles. The molecule has 0 aromatic carbocycles. The number of nitrogens with zero attached hydrogens (tertiary/aromatic N) is 3. The second-order valence-electron chi connectivity index (χ2n) is 7.59. The number of imidazole rings is 1. The van der Waals surface area contributed by atoms with Crippen LogP contribution in [0.1, 0.15) is 78.1 Å². The Balaban J connectivity index is 1.86. The molecule has 0 aliphatic carbocycles. The molecule has 2 rings (SSSR count). The topological polar surface area (TPSA) is 72.7 Å². The molecule has 7 heteroatoms. The molecule has 0 unspecified atom stereocenters. The number of unbranched alkanes of at least 4 members (excludes halogenated alkanes) is 9. The number of hydrogen-bond donors (Lipinski definition) is 1. The number of allylic oxidation sites excluding steroid dienone is 2. The molecule has 0 saturated carbocycles. The van der Waals surface area contributed by atoms with Crippen molar-refractivity contribution in [1.29, 1.82) is 0 Å². The molecule has 0 fully saturated rings. The molecule has 2 aromatic rings. The highest BCUT2D eigenvalue weighted by Crippen LogP contribution is 2.23. The lowest BCUT2D eigenvalue weighted by molar-refractivity contribution is 0.563. The van der Waals surface area contributed by atoms with Crippen LogP contribution in [0.4, 0.5) is 0 Å². The van der Waals surface area contributed by atoms with Gasteiger partial charge in [-0.15, -0.1) is 0 Å². The first-order valence-corrected chi connectivity index (χ1v) is 12.0. The van der Waals surface area contributed by atoms with Gasteiger partial charge in [-0.2, -0.15) is 0 Å². The van der Waals surface area contributed by atoms with Crippen LogP contribution in [-0.4, -0.2) is 24.9 Å². The second kappa shape index (κ2) is 12.7. The van der Waals surface area contributed by atoms with Gasteiger partial charge in [-0.3, -0.25) is 14.3 Å². The van der Waals surface area contributed by atoms with E-state index < -0.39 is 5.69 Å². The van der Waals surface area contributed by atoms with E-state index in [0.29, 0.717) is 17.7 Å². The Bertz CT molecular complexity index is 895. The molecule has 1 N–H and O–H groups in total. The fraction of sp³-hybridized carbons (Fsp3) is 0.682. The normalized spacial score (nSPS) is 11.8. The quantitative estimate of drug-likeness (QED) is 0.265. The first-order chi connectivity index (χ1) is 14.1. The number of aromatic amines is 1. The van der Waals surface area contributed by atoms with Crippen molar-refractivity contribution < 1.29 is 0 Å². The minimum Gasteiger partial charge on any atom is -0.309 e. The van der Waals surface area contributed by atoms with Gasteiger partial charge in [-0.25, -0.2) is 9.78 Å². The molecular weight excluding hydrogens is 384 g/mol. The summed E-state index contributed by atoms with van der Waals surface area (Å²) in [6.45, 7) is 4.79. The van der Waals surface area contributed by atoms with Crippen molar-refractivity contribution >= 4 is 22.9 Å². The van der Waals surface area contributed by atoms with E-state index in [1.54, 1.807) is 18.8 Å². The van der Waals surface area contributed by atoms with Crippen LogP contribution >= 0.6 is 11.8 Å². The average molecular weight is 421 g/mol. The van der Waals surface area contributed by atoms with Gasteiger partial charge in [0.2, 0.25) is 0 Å². The molecule has 0 spiro atoms. The zero-order valence-electron chi connectivity index (χ0n) is 18.2. The SMILES string of the molecule is CC=CCn1c(SCCCCCCCCCCCC)nc2c1c(=O)[nH]c(=O)n2C. The van der Waals surface area contributed by atoms with Crippen molar-refractivity contribution in [3.05, 3.63) is 33.0 Å². The van der Waals surface area contributed by atoms with Crippen LogP contribution in [0, 0.1) is 0 Å². The summed E-state index contributed by atoms with van der Waals surface area (Å²) >= 11 is 1.67. The highest BCUT2D eigenvalue weighted by molar-refractivity contribution is 7.99. The Labute approximate surface area is 177 Å². The molecule has 0 atom stereocenters. The second-order valence-corrected chi connectivity index (χ2v) is 8.66. The standard InChI is InChI=1S/C22H36N4O2S/c1-4-6-8-9-10-11-12-13-14-15-17-29-22-23-19-18(26(22)16-7-5-2)20(27)24-21(28)25(19)3/h5,7H,4,6,8-17H2,1-3H3,(H,24,27,28).